The smallest absolute Gasteiger partial charge is 0.306 e. The van der Waals surface area contributed by atoms with Gasteiger partial charge in [0.15, 0.2) is 6.10 Å². The lowest BCUT2D eigenvalue weighted by Crippen LogP contribution is -2.30. The van der Waals surface area contributed by atoms with Crippen molar-refractivity contribution in [3.8, 4) is 0 Å². The predicted octanol–water partition coefficient (Wildman–Crippen LogP) is 15.8. The Labute approximate surface area is 368 Å². The lowest BCUT2D eigenvalue weighted by Gasteiger charge is -2.18. The maximum atomic E-state index is 12.7. The summed E-state index contributed by atoms with van der Waals surface area (Å²) in [4.78, 5) is 37.5. The summed E-state index contributed by atoms with van der Waals surface area (Å²) in [6, 6.07) is 0. The van der Waals surface area contributed by atoms with Gasteiger partial charge in [-0.15, -0.1) is 0 Å². The maximum absolute atomic E-state index is 12.7. The van der Waals surface area contributed by atoms with E-state index in [4.69, 9.17) is 14.2 Å². The second-order valence-electron chi connectivity index (χ2n) is 15.6. The van der Waals surface area contributed by atoms with E-state index in [1.165, 1.54) is 32.1 Å². The zero-order valence-corrected chi connectivity index (χ0v) is 38.7. The third-order valence-electron chi connectivity index (χ3n) is 9.82. The minimum absolute atomic E-state index is 0.0936. The number of esters is 3. The third kappa shape index (κ3) is 45.4. The summed E-state index contributed by atoms with van der Waals surface area (Å²) in [5, 5.41) is 0. The highest BCUT2D eigenvalue weighted by atomic mass is 16.6. The normalized spacial score (nSPS) is 12.9. The molecule has 1 atom stereocenters. The average Bonchev–Trinajstić information content (AvgIpc) is 3.24. The largest absolute Gasteiger partial charge is 0.462 e. The topological polar surface area (TPSA) is 78.9 Å². The van der Waals surface area contributed by atoms with Gasteiger partial charge in [-0.25, -0.2) is 0 Å². The number of hydrogen-bond acceptors (Lipinski definition) is 6. The van der Waals surface area contributed by atoms with Crippen molar-refractivity contribution in [2.75, 3.05) is 13.2 Å². The van der Waals surface area contributed by atoms with E-state index < -0.39 is 6.10 Å². The average molecular weight is 833 g/mol. The van der Waals surface area contributed by atoms with Crippen molar-refractivity contribution in [1.29, 1.82) is 0 Å². The molecular weight excluding hydrogens is 745 g/mol. The van der Waals surface area contributed by atoms with E-state index in [1.54, 1.807) is 0 Å². The molecule has 0 N–H and O–H groups in total. The van der Waals surface area contributed by atoms with Gasteiger partial charge in [0.25, 0.3) is 0 Å². The van der Waals surface area contributed by atoms with Crippen molar-refractivity contribution < 1.29 is 28.6 Å². The minimum Gasteiger partial charge on any atom is -0.462 e. The predicted molar refractivity (Wildman–Crippen MR) is 256 cm³/mol. The second-order valence-corrected chi connectivity index (χ2v) is 15.6. The molecule has 0 saturated carbocycles. The van der Waals surface area contributed by atoms with Crippen LogP contribution in [0.25, 0.3) is 0 Å². The highest BCUT2D eigenvalue weighted by Gasteiger charge is 2.19. The Bertz CT molecular complexity index is 1230. The quantitative estimate of drug-likeness (QED) is 0.0264. The molecule has 0 aliphatic rings. The van der Waals surface area contributed by atoms with Gasteiger partial charge in [-0.1, -0.05) is 182 Å². The standard InChI is InChI=1S/C54H88O6/c1-4-7-10-13-15-17-19-21-22-23-24-25-26-27-28-29-30-31-32-33-35-36-38-41-44-47-53(56)59-50-51(49-58-52(55)46-43-40-12-9-6-3)60-54(57)48-45-42-39-37-34-20-18-16-14-11-8-5-2/h7,10,15-18,21-22,24-25,27-28,30-31,33,35,51H,4-6,8-9,11-14,19-20,23,26,29,32,34,36-50H2,1-3H3/b10-7-,17-15-,18-16-,22-21-,25-24-,28-27-,31-30-,35-33-. The van der Waals surface area contributed by atoms with E-state index in [-0.39, 0.29) is 31.1 Å². The number of carbonyl (C=O) groups is 3. The Hall–Kier alpha value is -3.67. The van der Waals surface area contributed by atoms with Gasteiger partial charge in [0.05, 0.1) is 0 Å². The van der Waals surface area contributed by atoms with E-state index >= 15 is 0 Å². The van der Waals surface area contributed by atoms with Gasteiger partial charge in [-0.05, 0) is 103 Å². The molecule has 1 unspecified atom stereocenters. The maximum Gasteiger partial charge on any atom is 0.306 e. The van der Waals surface area contributed by atoms with Crippen LogP contribution in [0.15, 0.2) is 97.2 Å². The molecule has 0 bridgehead atoms. The number of ether oxygens (including phenoxy) is 3. The summed E-state index contributed by atoms with van der Waals surface area (Å²) >= 11 is 0. The van der Waals surface area contributed by atoms with Crippen LogP contribution in [0.5, 0.6) is 0 Å². The molecule has 0 aromatic carbocycles. The van der Waals surface area contributed by atoms with Crippen molar-refractivity contribution >= 4 is 17.9 Å². The van der Waals surface area contributed by atoms with E-state index in [2.05, 4.69) is 118 Å². The van der Waals surface area contributed by atoms with Crippen molar-refractivity contribution in [2.45, 2.75) is 213 Å². The van der Waals surface area contributed by atoms with E-state index in [0.29, 0.717) is 19.3 Å². The first-order valence-corrected chi connectivity index (χ1v) is 24.2. The first kappa shape index (κ1) is 56.3. The highest BCUT2D eigenvalue weighted by Crippen LogP contribution is 2.12. The summed E-state index contributed by atoms with van der Waals surface area (Å²) in [6.45, 7) is 6.35. The molecule has 60 heavy (non-hydrogen) atoms. The van der Waals surface area contributed by atoms with Gasteiger partial charge in [0.2, 0.25) is 0 Å². The number of unbranched alkanes of at least 4 members (excludes halogenated alkanes) is 15. The zero-order chi connectivity index (χ0) is 43.7. The van der Waals surface area contributed by atoms with Crippen LogP contribution in [-0.2, 0) is 28.6 Å². The SMILES string of the molecule is CC/C=C\C/C=C\C/C=C\C/C=C\C/C=C\C/C=C\C/C=C\CCCCCC(=O)OCC(COC(=O)CCCCCCC)OC(=O)CCCCCCC/C=C\CCCCC. The van der Waals surface area contributed by atoms with Gasteiger partial charge in [0, 0.05) is 19.3 Å². The van der Waals surface area contributed by atoms with Gasteiger partial charge in [0.1, 0.15) is 13.2 Å². The molecule has 0 aliphatic heterocycles. The molecule has 0 saturated heterocycles. The van der Waals surface area contributed by atoms with Crippen LogP contribution in [0.1, 0.15) is 207 Å². The summed E-state index contributed by atoms with van der Waals surface area (Å²) in [7, 11) is 0. The Morgan fingerprint density at radius 2 is 0.650 bits per heavy atom. The molecule has 0 aromatic rings. The van der Waals surface area contributed by atoms with Gasteiger partial charge in [-0.2, -0.15) is 0 Å². The van der Waals surface area contributed by atoms with Gasteiger partial charge < -0.3 is 14.2 Å². The number of carbonyl (C=O) groups excluding carboxylic acids is 3. The summed E-state index contributed by atoms with van der Waals surface area (Å²) in [5.41, 5.74) is 0. The molecule has 0 amide bonds. The molecule has 340 valence electrons. The van der Waals surface area contributed by atoms with Crippen molar-refractivity contribution in [2.24, 2.45) is 0 Å². The zero-order valence-electron chi connectivity index (χ0n) is 38.7. The van der Waals surface area contributed by atoms with Crippen LogP contribution in [0, 0.1) is 0 Å². The Balaban J connectivity index is 4.24. The molecule has 0 fully saturated rings. The third-order valence-corrected chi connectivity index (χ3v) is 9.82. The fourth-order valence-corrected chi connectivity index (χ4v) is 6.18. The molecule has 6 nitrogen and oxygen atoms in total. The van der Waals surface area contributed by atoms with E-state index in [1.807, 2.05) is 0 Å². The first-order chi connectivity index (χ1) is 29.5. The van der Waals surface area contributed by atoms with Crippen LogP contribution in [0.2, 0.25) is 0 Å². The van der Waals surface area contributed by atoms with Gasteiger partial charge >= 0.3 is 17.9 Å². The molecule has 0 spiro atoms. The second kappa shape index (κ2) is 48.0. The Morgan fingerprint density at radius 3 is 1.08 bits per heavy atom. The fourth-order valence-electron chi connectivity index (χ4n) is 6.18. The van der Waals surface area contributed by atoms with E-state index in [9.17, 15) is 14.4 Å². The van der Waals surface area contributed by atoms with Crippen LogP contribution < -0.4 is 0 Å². The first-order valence-electron chi connectivity index (χ1n) is 24.2. The number of rotatable bonds is 42. The van der Waals surface area contributed by atoms with Crippen LogP contribution in [0.3, 0.4) is 0 Å². The van der Waals surface area contributed by atoms with Crippen LogP contribution in [0.4, 0.5) is 0 Å². The molecule has 0 aliphatic carbocycles. The van der Waals surface area contributed by atoms with Gasteiger partial charge in [-0.3, -0.25) is 14.4 Å². The highest BCUT2D eigenvalue weighted by molar-refractivity contribution is 5.71. The van der Waals surface area contributed by atoms with Crippen molar-refractivity contribution in [3.05, 3.63) is 97.2 Å². The molecule has 6 heteroatoms. The number of allylic oxidation sites excluding steroid dienone is 16. The fraction of sp³-hybridized carbons (Fsp3) is 0.648. The lowest BCUT2D eigenvalue weighted by atomic mass is 10.1. The Kier molecular flexibility index (Phi) is 45.1. The molecule has 0 heterocycles. The molecule has 0 aromatic heterocycles. The van der Waals surface area contributed by atoms with Crippen molar-refractivity contribution in [1.82, 2.24) is 0 Å². The number of hydrogen-bond donors (Lipinski definition) is 0. The van der Waals surface area contributed by atoms with Crippen LogP contribution >= 0.6 is 0 Å². The van der Waals surface area contributed by atoms with Crippen molar-refractivity contribution in [3.63, 3.8) is 0 Å². The lowest BCUT2D eigenvalue weighted by molar-refractivity contribution is -0.167. The Morgan fingerprint density at radius 1 is 0.350 bits per heavy atom. The van der Waals surface area contributed by atoms with E-state index in [0.717, 1.165) is 135 Å². The summed E-state index contributed by atoms with van der Waals surface area (Å²) in [5.74, 6) is -0.959. The van der Waals surface area contributed by atoms with Crippen LogP contribution in [-0.4, -0.2) is 37.2 Å². The molecular formula is C54H88O6. The molecule has 0 radical (unpaired) electrons. The minimum atomic E-state index is -0.791. The monoisotopic (exact) mass is 833 g/mol. The summed E-state index contributed by atoms with van der Waals surface area (Å²) in [6.07, 6.45) is 62.8. The summed E-state index contributed by atoms with van der Waals surface area (Å²) < 4.78 is 16.6. The molecule has 0 rings (SSSR count).